The molecule has 0 spiro atoms. The van der Waals surface area contributed by atoms with Crippen molar-refractivity contribution >= 4 is 5.71 Å². The topological polar surface area (TPSA) is 12.4 Å². The Hall–Kier alpha value is -0.330. The molecule has 0 bridgehead atoms. The van der Waals surface area contributed by atoms with Gasteiger partial charge in [-0.3, -0.25) is 4.99 Å². The molecule has 1 nitrogen and oxygen atoms in total. The van der Waals surface area contributed by atoms with E-state index in [-0.39, 0.29) is 0 Å². The second kappa shape index (κ2) is 4.54. The first-order valence-electron chi connectivity index (χ1n) is 3.67. The summed E-state index contributed by atoms with van der Waals surface area (Å²) in [7, 11) is 1.88. The van der Waals surface area contributed by atoms with E-state index in [4.69, 9.17) is 0 Å². The molecule has 0 rings (SSSR count). The Kier molecular flexibility index (Phi) is 4.37. The third-order valence-corrected chi connectivity index (χ3v) is 1.46. The van der Waals surface area contributed by atoms with E-state index in [1.54, 1.807) is 0 Å². The Morgan fingerprint density at radius 1 is 1.44 bits per heavy atom. The van der Waals surface area contributed by atoms with Crippen molar-refractivity contribution in [3.63, 3.8) is 0 Å². The van der Waals surface area contributed by atoms with Crippen LogP contribution < -0.4 is 0 Å². The molecule has 0 aromatic carbocycles. The zero-order chi connectivity index (χ0) is 7.28. The maximum absolute atomic E-state index is 4.19. The molecule has 54 valence electrons. The lowest BCUT2D eigenvalue weighted by molar-refractivity contribution is 0.825. The molecule has 0 unspecified atom stereocenters. The van der Waals surface area contributed by atoms with Gasteiger partial charge in [-0.25, -0.2) is 0 Å². The first-order valence-corrected chi connectivity index (χ1v) is 3.67. The highest BCUT2D eigenvalue weighted by Crippen LogP contribution is 2.02. The Balaban J connectivity index is 3.70. The van der Waals surface area contributed by atoms with E-state index in [2.05, 4.69) is 25.8 Å². The highest BCUT2D eigenvalue weighted by atomic mass is 14.7. The summed E-state index contributed by atoms with van der Waals surface area (Å²) in [6, 6.07) is 0. The summed E-state index contributed by atoms with van der Waals surface area (Å²) in [5.74, 6) is 0.634. The second-order valence-electron chi connectivity index (χ2n) is 2.62. The van der Waals surface area contributed by atoms with E-state index in [9.17, 15) is 0 Å². The third kappa shape index (κ3) is 3.28. The fourth-order valence-electron chi connectivity index (χ4n) is 0.915. The van der Waals surface area contributed by atoms with E-state index < -0.39 is 0 Å². The lowest BCUT2D eigenvalue weighted by atomic mass is 10.0. The summed E-state index contributed by atoms with van der Waals surface area (Å²) in [4.78, 5) is 4.19. The molecule has 0 amide bonds. The van der Waals surface area contributed by atoms with Gasteiger partial charge in [0, 0.05) is 12.8 Å². The molecule has 0 N–H and O–H groups in total. The zero-order valence-electron chi connectivity index (χ0n) is 6.94. The number of hydrogen-bond acceptors (Lipinski definition) is 1. The van der Waals surface area contributed by atoms with Crippen LogP contribution in [0.5, 0.6) is 0 Å². The van der Waals surface area contributed by atoms with Gasteiger partial charge in [-0.05, 0) is 12.3 Å². The van der Waals surface area contributed by atoms with Gasteiger partial charge in [0.2, 0.25) is 0 Å². The molecule has 0 heterocycles. The van der Waals surface area contributed by atoms with Crippen molar-refractivity contribution < 1.29 is 0 Å². The lowest BCUT2D eigenvalue weighted by Gasteiger charge is -2.06. The average molecular weight is 127 g/mol. The lowest BCUT2D eigenvalue weighted by Crippen LogP contribution is -2.06. The van der Waals surface area contributed by atoms with Gasteiger partial charge < -0.3 is 0 Å². The van der Waals surface area contributed by atoms with E-state index in [1.165, 1.54) is 12.1 Å². The Labute approximate surface area is 58.2 Å². The fraction of sp³-hybridized carbons (Fsp3) is 0.875. The third-order valence-electron chi connectivity index (χ3n) is 1.46. The van der Waals surface area contributed by atoms with Gasteiger partial charge in [-0.15, -0.1) is 0 Å². The van der Waals surface area contributed by atoms with Gasteiger partial charge in [0.1, 0.15) is 0 Å². The molecular weight excluding hydrogens is 110 g/mol. The molecule has 0 atom stereocenters. The molecule has 9 heavy (non-hydrogen) atoms. The molecule has 0 saturated carbocycles. The largest absolute Gasteiger partial charge is 0.297 e. The Morgan fingerprint density at radius 3 is 2.11 bits per heavy atom. The van der Waals surface area contributed by atoms with Crippen molar-refractivity contribution in [2.75, 3.05) is 7.05 Å². The monoisotopic (exact) mass is 127 g/mol. The van der Waals surface area contributed by atoms with Gasteiger partial charge in [-0.2, -0.15) is 0 Å². The number of rotatable bonds is 3. The molecule has 0 aromatic heterocycles. The van der Waals surface area contributed by atoms with Crippen molar-refractivity contribution in [3.05, 3.63) is 0 Å². The smallest absolute Gasteiger partial charge is 0.0276 e. The molecule has 0 fully saturated rings. The van der Waals surface area contributed by atoms with E-state index in [0.29, 0.717) is 5.92 Å². The minimum absolute atomic E-state index is 0.634. The van der Waals surface area contributed by atoms with Crippen LogP contribution in [0.3, 0.4) is 0 Å². The van der Waals surface area contributed by atoms with Gasteiger partial charge in [-0.1, -0.05) is 27.2 Å². The first-order chi connectivity index (χ1) is 4.22. The second-order valence-corrected chi connectivity index (χ2v) is 2.62. The quantitative estimate of drug-likeness (QED) is 0.516. The predicted octanol–water partition coefficient (Wildman–Crippen LogP) is 2.51. The van der Waals surface area contributed by atoms with Crippen LogP contribution >= 0.6 is 0 Å². The van der Waals surface area contributed by atoms with E-state index >= 15 is 0 Å². The number of nitrogens with zero attached hydrogens (tertiary/aromatic N) is 1. The summed E-state index contributed by atoms with van der Waals surface area (Å²) in [6.45, 7) is 6.57. The Bertz CT molecular complexity index is 92.7. The van der Waals surface area contributed by atoms with Gasteiger partial charge in [0.25, 0.3) is 0 Å². The van der Waals surface area contributed by atoms with Crippen molar-refractivity contribution in [2.24, 2.45) is 10.9 Å². The highest BCUT2D eigenvalue weighted by Gasteiger charge is 2.00. The van der Waals surface area contributed by atoms with Crippen molar-refractivity contribution in [3.8, 4) is 0 Å². The van der Waals surface area contributed by atoms with E-state index in [0.717, 1.165) is 6.42 Å². The van der Waals surface area contributed by atoms with Crippen LogP contribution in [-0.4, -0.2) is 12.8 Å². The molecule has 0 aliphatic rings. The average Bonchev–Trinajstić information content (AvgIpc) is 1.82. The summed E-state index contributed by atoms with van der Waals surface area (Å²) >= 11 is 0. The minimum atomic E-state index is 0.634. The summed E-state index contributed by atoms with van der Waals surface area (Å²) in [5, 5.41) is 0. The predicted molar refractivity (Wildman–Crippen MR) is 43.1 cm³/mol. The maximum atomic E-state index is 4.19. The van der Waals surface area contributed by atoms with Crippen LogP contribution in [0, 0.1) is 5.92 Å². The molecule has 0 saturated heterocycles. The van der Waals surface area contributed by atoms with Crippen molar-refractivity contribution in [1.29, 1.82) is 0 Å². The first kappa shape index (κ1) is 8.67. The number of aliphatic imine (C=N–C) groups is 1. The molecule has 1 heteroatoms. The normalized spacial score (nSPS) is 12.8. The van der Waals surface area contributed by atoms with Crippen LogP contribution in [0.15, 0.2) is 4.99 Å². The molecule has 0 radical (unpaired) electrons. The highest BCUT2D eigenvalue weighted by molar-refractivity contribution is 5.85. The molecule has 0 aliphatic carbocycles. The van der Waals surface area contributed by atoms with Crippen LogP contribution in [0.1, 0.15) is 33.6 Å². The minimum Gasteiger partial charge on any atom is -0.297 e. The van der Waals surface area contributed by atoms with Crippen LogP contribution in [0.4, 0.5) is 0 Å². The molecule has 0 aromatic rings. The van der Waals surface area contributed by atoms with Crippen LogP contribution in [-0.2, 0) is 0 Å². The van der Waals surface area contributed by atoms with Crippen molar-refractivity contribution in [2.45, 2.75) is 33.6 Å². The fourth-order valence-corrected chi connectivity index (χ4v) is 0.915. The van der Waals surface area contributed by atoms with Gasteiger partial charge in [0.15, 0.2) is 0 Å². The van der Waals surface area contributed by atoms with Gasteiger partial charge in [0.05, 0.1) is 0 Å². The summed E-state index contributed by atoms with van der Waals surface area (Å²) < 4.78 is 0. The van der Waals surface area contributed by atoms with Gasteiger partial charge >= 0.3 is 0 Å². The standard InChI is InChI=1S/C8H17N/c1-5-6-8(9-4)7(2)3/h7H,5-6H2,1-4H3. The SMILES string of the molecule is CCCC(=NC)C(C)C. The molecular formula is C8H17N. The Morgan fingerprint density at radius 2 is 2.00 bits per heavy atom. The number of hydrogen-bond donors (Lipinski definition) is 0. The molecule has 0 aliphatic heterocycles. The van der Waals surface area contributed by atoms with E-state index in [1.807, 2.05) is 7.05 Å². The zero-order valence-corrected chi connectivity index (χ0v) is 6.94. The van der Waals surface area contributed by atoms with Crippen molar-refractivity contribution in [1.82, 2.24) is 0 Å². The summed E-state index contributed by atoms with van der Waals surface area (Å²) in [6.07, 6.45) is 2.37. The maximum Gasteiger partial charge on any atom is 0.0276 e. The van der Waals surface area contributed by atoms with Crippen LogP contribution in [0.25, 0.3) is 0 Å². The van der Waals surface area contributed by atoms with Crippen LogP contribution in [0.2, 0.25) is 0 Å². The summed E-state index contributed by atoms with van der Waals surface area (Å²) in [5.41, 5.74) is 1.34.